The summed E-state index contributed by atoms with van der Waals surface area (Å²) >= 11 is 0. The third-order valence-electron chi connectivity index (χ3n) is 6.97. The lowest BCUT2D eigenvalue weighted by Crippen LogP contribution is -2.58. The number of nitrogens with one attached hydrogen (secondary N) is 4. The van der Waals surface area contributed by atoms with Crippen molar-refractivity contribution in [1.82, 2.24) is 21.3 Å². The molecule has 46 heavy (non-hydrogen) atoms. The van der Waals surface area contributed by atoms with E-state index in [0.717, 1.165) is 0 Å². The third kappa shape index (κ3) is 12.9. The van der Waals surface area contributed by atoms with Gasteiger partial charge in [0.1, 0.15) is 29.9 Å². The van der Waals surface area contributed by atoms with Gasteiger partial charge < -0.3 is 48.1 Å². The fourth-order valence-corrected chi connectivity index (χ4v) is 4.40. The van der Waals surface area contributed by atoms with Gasteiger partial charge in [0.15, 0.2) is 0 Å². The number of benzene rings is 2. The van der Waals surface area contributed by atoms with E-state index in [0.29, 0.717) is 30.5 Å². The molecule has 0 saturated heterocycles. The summed E-state index contributed by atoms with van der Waals surface area (Å²) in [4.78, 5) is 75.5. The zero-order chi connectivity index (χ0) is 34.2. The maximum atomic E-state index is 13.3. The average Bonchev–Trinajstić information content (AvgIpc) is 3.01. The molecule has 0 heterocycles. The van der Waals surface area contributed by atoms with Gasteiger partial charge in [-0.25, -0.2) is 4.79 Å². The Morgan fingerprint density at radius 2 is 1.26 bits per heavy atom. The number of carbonyl (C=O) groups excluding carboxylic acids is 4. The molecule has 0 aliphatic heterocycles. The number of hydrogen-bond acceptors (Lipinski definition) is 9. The number of rotatable bonds is 19. The van der Waals surface area contributed by atoms with Crippen LogP contribution < -0.4 is 32.7 Å². The Labute approximate surface area is 266 Å². The van der Waals surface area contributed by atoms with Crippen LogP contribution in [0.25, 0.3) is 0 Å². The van der Waals surface area contributed by atoms with Crippen molar-refractivity contribution in [2.24, 2.45) is 11.5 Å². The second kappa shape index (κ2) is 18.7. The van der Waals surface area contributed by atoms with Crippen molar-refractivity contribution < 1.29 is 44.1 Å². The quantitative estimate of drug-likeness (QED) is 0.0852. The van der Waals surface area contributed by atoms with Crippen LogP contribution in [-0.2, 0) is 41.6 Å². The predicted molar refractivity (Wildman–Crippen MR) is 166 cm³/mol. The molecule has 11 N–H and O–H groups in total. The van der Waals surface area contributed by atoms with Gasteiger partial charge in [-0.1, -0.05) is 42.5 Å². The van der Waals surface area contributed by atoms with Gasteiger partial charge in [0.05, 0.1) is 12.5 Å². The summed E-state index contributed by atoms with van der Waals surface area (Å²) in [6.07, 6.45) is 0.271. The Morgan fingerprint density at radius 3 is 1.85 bits per heavy atom. The van der Waals surface area contributed by atoms with E-state index in [1.807, 2.05) is 0 Å². The van der Waals surface area contributed by atoms with Gasteiger partial charge in [0.25, 0.3) is 0 Å². The van der Waals surface area contributed by atoms with Crippen LogP contribution in [0, 0.1) is 0 Å². The van der Waals surface area contributed by atoms with E-state index >= 15 is 0 Å². The number of nitrogens with two attached hydrogens (primary N) is 2. The van der Waals surface area contributed by atoms with Crippen LogP contribution in [0.4, 0.5) is 0 Å². The molecular formula is C31H42N6O9. The summed E-state index contributed by atoms with van der Waals surface area (Å²) in [6.45, 7) is 1.66. The fraction of sp³-hybridized carbons (Fsp3) is 0.419. The molecule has 2 rings (SSSR count). The highest BCUT2D eigenvalue weighted by Gasteiger charge is 2.32. The lowest BCUT2D eigenvalue weighted by Gasteiger charge is -2.25. The van der Waals surface area contributed by atoms with E-state index in [1.165, 1.54) is 19.1 Å². The summed E-state index contributed by atoms with van der Waals surface area (Å²) < 4.78 is 0. The second-order valence-electron chi connectivity index (χ2n) is 10.8. The van der Waals surface area contributed by atoms with Gasteiger partial charge in [-0.2, -0.15) is 0 Å². The maximum absolute atomic E-state index is 13.3. The standard InChI is InChI=1S/C31H42N6O9/c1-18(34-28(42)22(33)15-20-10-12-21(38)13-11-20)27(41)36-25(17-26(39)40)30(44)37-24(16-19-7-3-2-4-8-19)29(43)35-23(31(45)46)9-5-6-14-32/h2-4,7-8,10-13,18,22-25,38H,5-6,9,14-17,32-33H2,1H3,(H,34,42)(H,35,43)(H,36,41)(H,37,44)(H,39,40)(H,45,46)/t18-,22-,23-,24-,25-/m0/s1. The Balaban J connectivity index is 2.14. The van der Waals surface area contributed by atoms with Gasteiger partial charge in [-0.15, -0.1) is 0 Å². The van der Waals surface area contributed by atoms with E-state index in [1.54, 1.807) is 42.5 Å². The van der Waals surface area contributed by atoms with Crippen LogP contribution in [-0.4, -0.2) is 87.6 Å². The zero-order valence-corrected chi connectivity index (χ0v) is 25.5. The first-order chi connectivity index (χ1) is 21.8. The lowest BCUT2D eigenvalue weighted by atomic mass is 10.0. The van der Waals surface area contributed by atoms with Crippen molar-refractivity contribution >= 4 is 35.6 Å². The van der Waals surface area contributed by atoms with E-state index in [2.05, 4.69) is 21.3 Å². The maximum Gasteiger partial charge on any atom is 0.326 e. The Morgan fingerprint density at radius 1 is 0.696 bits per heavy atom. The molecule has 4 amide bonds. The number of hydrogen-bond donors (Lipinski definition) is 9. The second-order valence-corrected chi connectivity index (χ2v) is 10.8. The molecule has 250 valence electrons. The van der Waals surface area contributed by atoms with Gasteiger partial charge in [0, 0.05) is 6.42 Å². The fourth-order valence-electron chi connectivity index (χ4n) is 4.40. The summed E-state index contributed by atoms with van der Waals surface area (Å²) in [5.74, 6) is -6.06. The first-order valence-corrected chi connectivity index (χ1v) is 14.7. The molecule has 0 aliphatic rings. The van der Waals surface area contributed by atoms with Crippen LogP contribution >= 0.6 is 0 Å². The Hall–Kier alpha value is -5.02. The van der Waals surface area contributed by atoms with E-state index in [9.17, 15) is 44.1 Å². The number of carboxylic acid groups (broad SMARTS) is 2. The molecule has 15 nitrogen and oxygen atoms in total. The Bertz CT molecular complexity index is 1340. The van der Waals surface area contributed by atoms with Gasteiger partial charge >= 0.3 is 11.9 Å². The van der Waals surface area contributed by atoms with Crippen molar-refractivity contribution in [2.45, 2.75) is 75.7 Å². The van der Waals surface area contributed by atoms with Gasteiger partial charge in [-0.05, 0) is 62.4 Å². The van der Waals surface area contributed by atoms with Crippen LogP contribution in [0.15, 0.2) is 54.6 Å². The first-order valence-electron chi connectivity index (χ1n) is 14.7. The largest absolute Gasteiger partial charge is 0.508 e. The van der Waals surface area contributed by atoms with Crippen LogP contribution in [0.3, 0.4) is 0 Å². The SMILES string of the molecule is C[C@H](NC(=O)[C@@H](N)Cc1ccc(O)cc1)C(=O)N[C@@H](CC(=O)O)C(=O)N[C@@H](Cc1ccccc1)C(=O)N[C@@H](CCCCN)C(=O)O. The summed E-state index contributed by atoms with van der Waals surface area (Å²) in [5.41, 5.74) is 12.7. The molecule has 0 aliphatic carbocycles. The van der Waals surface area contributed by atoms with Crippen molar-refractivity contribution in [1.29, 1.82) is 0 Å². The minimum atomic E-state index is -1.65. The van der Waals surface area contributed by atoms with Gasteiger partial charge in [0.2, 0.25) is 23.6 Å². The summed E-state index contributed by atoms with van der Waals surface area (Å²) in [5, 5.41) is 38.0. The number of amides is 4. The molecule has 5 atom stereocenters. The topological polar surface area (TPSA) is 263 Å². The average molecular weight is 643 g/mol. The number of phenolic OH excluding ortho intramolecular Hbond substituents is 1. The molecule has 2 aromatic carbocycles. The molecule has 15 heteroatoms. The van der Waals surface area contributed by atoms with Gasteiger partial charge in [-0.3, -0.25) is 24.0 Å². The lowest BCUT2D eigenvalue weighted by molar-refractivity contribution is -0.143. The smallest absolute Gasteiger partial charge is 0.326 e. The minimum absolute atomic E-state index is 0.0433. The number of carbonyl (C=O) groups is 6. The minimum Gasteiger partial charge on any atom is -0.508 e. The van der Waals surface area contributed by atoms with Crippen molar-refractivity contribution in [3.63, 3.8) is 0 Å². The van der Waals surface area contributed by atoms with Crippen LogP contribution in [0.2, 0.25) is 0 Å². The summed E-state index contributed by atoms with van der Waals surface area (Å²) in [7, 11) is 0. The first kappa shape index (κ1) is 37.2. The van der Waals surface area contributed by atoms with E-state index < -0.39 is 72.2 Å². The normalized spacial score (nSPS) is 14.1. The third-order valence-corrected chi connectivity index (χ3v) is 6.97. The molecule has 0 spiro atoms. The monoisotopic (exact) mass is 642 g/mol. The van der Waals surface area contributed by atoms with E-state index in [-0.39, 0.29) is 25.0 Å². The van der Waals surface area contributed by atoms with Crippen molar-refractivity contribution in [3.05, 3.63) is 65.7 Å². The summed E-state index contributed by atoms with van der Waals surface area (Å²) in [6, 6.07) is 8.07. The van der Waals surface area contributed by atoms with Crippen LogP contribution in [0.5, 0.6) is 5.75 Å². The van der Waals surface area contributed by atoms with E-state index in [4.69, 9.17) is 11.5 Å². The molecule has 0 aromatic heterocycles. The predicted octanol–water partition coefficient (Wildman–Crippen LogP) is -0.848. The highest BCUT2D eigenvalue weighted by atomic mass is 16.4. The molecule has 0 unspecified atom stereocenters. The zero-order valence-electron chi connectivity index (χ0n) is 25.5. The molecule has 0 bridgehead atoms. The number of carboxylic acids is 2. The molecule has 0 fully saturated rings. The number of aromatic hydroxyl groups is 1. The molecule has 0 radical (unpaired) electrons. The molecular weight excluding hydrogens is 600 g/mol. The number of aliphatic carboxylic acids is 2. The Kier molecular flexibility index (Phi) is 15.1. The highest BCUT2D eigenvalue weighted by molar-refractivity contribution is 5.96. The van der Waals surface area contributed by atoms with Crippen molar-refractivity contribution in [2.75, 3.05) is 6.54 Å². The number of unbranched alkanes of at least 4 members (excludes halogenated alkanes) is 1. The van der Waals surface area contributed by atoms with Crippen molar-refractivity contribution in [3.8, 4) is 5.75 Å². The van der Waals surface area contributed by atoms with Crippen LogP contribution in [0.1, 0.15) is 43.7 Å². The molecule has 0 saturated carbocycles. The molecule has 2 aromatic rings. The number of phenols is 1. The highest BCUT2D eigenvalue weighted by Crippen LogP contribution is 2.11.